The molecule has 1 N–H and O–H groups in total. The van der Waals surface area contributed by atoms with Gasteiger partial charge in [0.15, 0.2) is 11.6 Å². The highest BCUT2D eigenvalue weighted by Gasteiger charge is 2.37. The molecule has 2 aliphatic rings. The Morgan fingerprint density at radius 2 is 1.97 bits per heavy atom. The van der Waals surface area contributed by atoms with Crippen LogP contribution in [-0.4, -0.2) is 43.8 Å². The summed E-state index contributed by atoms with van der Waals surface area (Å²) in [4.78, 5) is 17.9. The minimum atomic E-state index is -0.799. The van der Waals surface area contributed by atoms with E-state index in [2.05, 4.69) is 10.3 Å². The van der Waals surface area contributed by atoms with E-state index >= 15 is 0 Å². The Balaban J connectivity index is 1.58. The van der Waals surface area contributed by atoms with Crippen LogP contribution < -0.4 is 15.0 Å². The summed E-state index contributed by atoms with van der Waals surface area (Å²) in [6, 6.07) is 4.90. The number of ether oxygens (including phenoxy) is 2. The van der Waals surface area contributed by atoms with E-state index < -0.39 is 29.3 Å². The van der Waals surface area contributed by atoms with Gasteiger partial charge >= 0.3 is 0 Å². The van der Waals surface area contributed by atoms with E-state index in [-0.39, 0.29) is 36.1 Å². The van der Waals surface area contributed by atoms with Crippen LogP contribution in [0.3, 0.4) is 0 Å². The number of hydrogen-bond donors (Lipinski definition) is 1. The number of nitrogens with zero attached hydrogens (tertiary/aromatic N) is 2. The number of benzene rings is 1. The number of halogens is 3. The van der Waals surface area contributed by atoms with Gasteiger partial charge in [-0.3, -0.25) is 9.69 Å². The maximum Gasteiger partial charge on any atom is 0.228 e. The average Bonchev–Trinajstić information content (AvgIpc) is 3.32. The summed E-state index contributed by atoms with van der Waals surface area (Å²) in [5, 5.41) is 3.15. The standard InChI is InChI=1S/C20H20F3N3O3/c1-28-13-7-15(22)19(16(23)8-13)11-6-18(27)26(9-11)20-14(21)2-3-17(25-20)24-12-4-5-29-10-12/h2-3,7-8,11-12H,4-6,9-10H2,1H3,(H,24,25). The minimum absolute atomic E-state index is 0.0484. The lowest BCUT2D eigenvalue weighted by atomic mass is 9.97. The lowest BCUT2D eigenvalue weighted by Crippen LogP contribution is -2.27. The molecule has 4 rings (SSSR count). The molecular weight excluding hydrogens is 387 g/mol. The molecule has 2 fully saturated rings. The van der Waals surface area contributed by atoms with Crippen molar-refractivity contribution in [2.75, 3.05) is 37.1 Å². The Kier molecular flexibility index (Phi) is 5.31. The van der Waals surface area contributed by atoms with E-state index in [4.69, 9.17) is 9.47 Å². The van der Waals surface area contributed by atoms with Crippen LogP contribution in [0.15, 0.2) is 24.3 Å². The van der Waals surface area contributed by atoms with E-state index in [1.165, 1.54) is 19.2 Å². The summed E-state index contributed by atoms with van der Waals surface area (Å²) in [6.45, 7) is 1.09. The number of rotatable bonds is 5. The van der Waals surface area contributed by atoms with Gasteiger partial charge in [-0.25, -0.2) is 18.2 Å². The maximum atomic E-state index is 14.4. The molecule has 0 saturated carbocycles. The number of hydrogen-bond acceptors (Lipinski definition) is 5. The molecule has 6 nitrogen and oxygen atoms in total. The number of amides is 1. The second kappa shape index (κ2) is 7.90. The van der Waals surface area contributed by atoms with Gasteiger partial charge in [0.1, 0.15) is 23.2 Å². The molecule has 1 aromatic heterocycles. The molecule has 1 aromatic carbocycles. The molecule has 1 amide bonds. The third-order valence-electron chi connectivity index (χ3n) is 5.19. The lowest BCUT2D eigenvalue weighted by molar-refractivity contribution is -0.117. The van der Waals surface area contributed by atoms with Crippen molar-refractivity contribution in [2.45, 2.75) is 24.8 Å². The Morgan fingerprint density at radius 3 is 2.62 bits per heavy atom. The topological polar surface area (TPSA) is 63.7 Å². The quantitative estimate of drug-likeness (QED) is 0.825. The zero-order valence-electron chi connectivity index (χ0n) is 15.8. The fourth-order valence-electron chi connectivity index (χ4n) is 3.73. The third kappa shape index (κ3) is 3.87. The van der Waals surface area contributed by atoms with Crippen molar-refractivity contribution in [1.29, 1.82) is 0 Å². The van der Waals surface area contributed by atoms with Crippen LogP contribution in [0, 0.1) is 17.5 Å². The van der Waals surface area contributed by atoms with Crippen molar-refractivity contribution < 1.29 is 27.4 Å². The van der Waals surface area contributed by atoms with Crippen LogP contribution in [0.4, 0.5) is 24.8 Å². The summed E-state index contributed by atoms with van der Waals surface area (Å²) < 4.78 is 53.4. The van der Waals surface area contributed by atoms with E-state index in [1.807, 2.05) is 0 Å². The van der Waals surface area contributed by atoms with E-state index in [0.717, 1.165) is 23.5 Å². The maximum absolute atomic E-state index is 14.4. The fourth-order valence-corrected chi connectivity index (χ4v) is 3.73. The Hall–Kier alpha value is -2.81. The van der Waals surface area contributed by atoms with E-state index in [1.54, 1.807) is 0 Å². The highest BCUT2D eigenvalue weighted by atomic mass is 19.1. The van der Waals surface area contributed by atoms with Crippen LogP contribution in [-0.2, 0) is 9.53 Å². The van der Waals surface area contributed by atoms with Crippen LogP contribution >= 0.6 is 0 Å². The minimum Gasteiger partial charge on any atom is -0.497 e. The predicted molar refractivity (Wildman–Crippen MR) is 99.7 cm³/mol. The average molecular weight is 407 g/mol. The first-order valence-electron chi connectivity index (χ1n) is 9.30. The van der Waals surface area contributed by atoms with Gasteiger partial charge in [0.05, 0.1) is 19.8 Å². The number of anilines is 2. The van der Waals surface area contributed by atoms with Gasteiger partial charge in [-0.1, -0.05) is 0 Å². The van der Waals surface area contributed by atoms with Gasteiger partial charge in [-0.15, -0.1) is 0 Å². The van der Waals surface area contributed by atoms with Gasteiger partial charge in [-0.2, -0.15) is 0 Å². The monoisotopic (exact) mass is 407 g/mol. The smallest absolute Gasteiger partial charge is 0.228 e. The summed E-state index contributed by atoms with van der Waals surface area (Å²) in [5.74, 6) is -3.18. The van der Waals surface area contributed by atoms with Crippen molar-refractivity contribution >= 4 is 17.5 Å². The highest BCUT2D eigenvalue weighted by Crippen LogP contribution is 2.36. The molecule has 2 unspecified atom stereocenters. The Bertz CT molecular complexity index is 911. The summed E-state index contributed by atoms with van der Waals surface area (Å²) in [5.41, 5.74) is -0.209. The predicted octanol–water partition coefficient (Wildman–Crippen LogP) is 3.23. The summed E-state index contributed by atoms with van der Waals surface area (Å²) in [6.07, 6.45) is 0.657. The zero-order chi connectivity index (χ0) is 20.5. The Labute approximate surface area is 165 Å². The fraction of sp³-hybridized carbons (Fsp3) is 0.400. The number of aromatic nitrogens is 1. The molecular formula is C20H20F3N3O3. The van der Waals surface area contributed by atoms with Gasteiger partial charge in [0, 0.05) is 43.2 Å². The first kappa shape index (κ1) is 19.5. The van der Waals surface area contributed by atoms with Crippen molar-refractivity contribution in [1.82, 2.24) is 4.98 Å². The Morgan fingerprint density at radius 1 is 1.21 bits per heavy atom. The normalized spacial score (nSPS) is 21.7. The molecule has 2 aromatic rings. The van der Waals surface area contributed by atoms with E-state index in [0.29, 0.717) is 19.0 Å². The molecule has 154 valence electrons. The molecule has 2 saturated heterocycles. The third-order valence-corrected chi connectivity index (χ3v) is 5.19. The van der Waals surface area contributed by atoms with Gasteiger partial charge in [0.2, 0.25) is 5.91 Å². The summed E-state index contributed by atoms with van der Waals surface area (Å²) in [7, 11) is 1.31. The number of pyridine rings is 1. The van der Waals surface area contributed by atoms with Crippen LogP contribution in [0.25, 0.3) is 0 Å². The number of methoxy groups -OCH3 is 1. The molecule has 3 heterocycles. The second-order valence-corrected chi connectivity index (χ2v) is 7.12. The molecule has 0 spiro atoms. The zero-order valence-corrected chi connectivity index (χ0v) is 15.8. The van der Waals surface area contributed by atoms with Gasteiger partial charge < -0.3 is 14.8 Å². The van der Waals surface area contributed by atoms with Crippen molar-refractivity contribution in [3.63, 3.8) is 0 Å². The molecule has 2 atom stereocenters. The summed E-state index contributed by atoms with van der Waals surface area (Å²) >= 11 is 0. The molecule has 2 aliphatic heterocycles. The number of carbonyl (C=O) groups is 1. The van der Waals surface area contributed by atoms with Crippen LogP contribution in [0.5, 0.6) is 5.75 Å². The second-order valence-electron chi connectivity index (χ2n) is 7.12. The van der Waals surface area contributed by atoms with Crippen molar-refractivity contribution in [3.8, 4) is 5.75 Å². The molecule has 29 heavy (non-hydrogen) atoms. The number of carbonyl (C=O) groups excluding carboxylic acids is 1. The largest absolute Gasteiger partial charge is 0.497 e. The molecule has 9 heteroatoms. The molecule has 0 aliphatic carbocycles. The van der Waals surface area contributed by atoms with Crippen molar-refractivity contribution in [2.24, 2.45) is 0 Å². The SMILES string of the molecule is COc1cc(F)c(C2CC(=O)N(c3nc(NC4CCOC4)ccc3F)C2)c(F)c1. The van der Waals surface area contributed by atoms with E-state index in [9.17, 15) is 18.0 Å². The first-order chi connectivity index (χ1) is 14.0. The first-order valence-corrected chi connectivity index (χ1v) is 9.30. The van der Waals surface area contributed by atoms with Crippen molar-refractivity contribution in [3.05, 3.63) is 47.3 Å². The molecule has 0 radical (unpaired) electrons. The lowest BCUT2D eigenvalue weighted by Gasteiger charge is -2.19. The van der Waals surface area contributed by atoms with Gasteiger partial charge in [0.25, 0.3) is 0 Å². The van der Waals surface area contributed by atoms with Crippen LogP contribution in [0.1, 0.15) is 24.3 Å². The molecule has 0 bridgehead atoms. The van der Waals surface area contributed by atoms with Gasteiger partial charge in [-0.05, 0) is 18.6 Å². The van der Waals surface area contributed by atoms with Crippen LogP contribution in [0.2, 0.25) is 0 Å². The highest BCUT2D eigenvalue weighted by molar-refractivity contribution is 5.96. The number of nitrogens with one attached hydrogen (secondary N) is 1.